The van der Waals surface area contributed by atoms with Crippen LogP contribution in [0.5, 0.6) is 0 Å². The van der Waals surface area contributed by atoms with Crippen LogP contribution in [0.4, 0.5) is 0 Å². The molecule has 1 aromatic carbocycles. The molecule has 2 rings (SSSR count). The summed E-state index contributed by atoms with van der Waals surface area (Å²) in [5.74, 6) is 0.665. The number of nitrogens with two attached hydrogens (primary N) is 1. The quantitative estimate of drug-likeness (QED) is 0.901. The molecule has 0 unspecified atom stereocenters. The van der Waals surface area contributed by atoms with Gasteiger partial charge in [0.25, 0.3) is 5.56 Å². The predicted molar refractivity (Wildman–Crippen MR) is 74.6 cm³/mol. The summed E-state index contributed by atoms with van der Waals surface area (Å²) >= 11 is 3.48. The zero-order valence-corrected chi connectivity index (χ0v) is 11.4. The molecule has 0 saturated carbocycles. The SMILES string of the molecule is NCCc1cc(=O)[nH]c(Cc2ccccc2Br)n1. The molecule has 0 aliphatic heterocycles. The van der Waals surface area contributed by atoms with Crippen LogP contribution >= 0.6 is 15.9 Å². The van der Waals surface area contributed by atoms with Crippen LogP contribution in [-0.2, 0) is 12.8 Å². The number of benzene rings is 1. The summed E-state index contributed by atoms with van der Waals surface area (Å²) in [4.78, 5) is 18.7. The fourth-order valence-electron chi connectivity index (χ4n) is 1.75. The highest BCUT2D eigenvalue weighted by Gasteiger charge is 2.04. The summed E-state index contributed by atoms with van der Waals surface area (Å²) in [6, 6.07) is 9.38. The summed E-state index contributed by atoms with van der Waals surface area (Å²) in [5, 5.41) is 0. The van der Waals surface area contributed by atoms with Crippen LogP contribution in [0, 0.1) is 0 Å². The van der Waals surface area contributed by atoms with E-state index in [0.717, 1.165) is 15.7 Å². The van der Waals surface area contributed by atoms with Crippen LogP contribution < -0.4 is 11.3 Å². The van der Waals surface area contributed by atoms with E-state index in [4.69, 9.17) is 5.73 Å². The summed E-state index contributed by atoms with van der Waals surface area (Å²) in [7, 11) is 0. The van der Waals surface area contributed by atoms with E-state index in [1.165, 1.54) is 6.07 Å². The summed E-state index contributed by atoms with van der Waals surface area (Å²) in [5.41, 5.74) is 7.18. The van der Waals surface area contributed by atoms with Crippen LogP contribution in [0.3, 0.4) is 0 Å². The predicted octanol–water partition coefficient (Wildman–Crippen LogP) is 1.62. The fraction of sp³-hybridized carbons (Fsp3) is 0.231. The van der Waals surface area contributed by atoms with Crippen LogP contribution in [0.15, 0.2) is 39.6 Å². The van der Waals surface area contributed by atoms with Gasteiger partial charge in [0.05, 0.1) is 0 Å². The van der Waals surface area contributed by atoms with Crippen molar-refractivity contribution in [2.24, 2.45) is 5.73 Å². The Hall–Kier alpha value is -1.46. The van der Waals surface area contributed by atoms with Gasteiger partial charge in [-0.1, -0.05) is 34.1 Å². The molecule has 0 aliphatic carbocycles. The smallest absolute Gasteiger partial charge is 0.251 e. The lowest BCUT2D eigenvalue weighted by Gasteiger charge is -2.05. The molecule has 0 fully saturated rings. The van der Waals surface area contributed by atoms with Crippen molar-refractivity contribution in [2.75, 3.05) is 6.54 Å². The number of nitrogens with one attached hydrogen (secondary N) is 1. The molecule has 2 aromatic rings. The van der Waals surface area contributed by atoms with Gasteiger partial charge in [0.15, 0.2) is 0 Å². The molecule has 0 amide bonds. The van der Waals surface area contributed by atoms with Gasteiger partial charge in [-0.15, -0.1) is 0 Å². The first-order valence-electron chi connectivity index (χ1n) is 5.71. The first-order chi connectivity index (χ1) is 8.69. The molecule has 94 valence electrons. The molecule has 5 heteroatoms. The Kier molecular flexibility index (Phi) is 4.28. The van der Waals surface area contributed by atoms with Crippen LogP contribution in [-0.4, -0.2) is 16.5 Å². The van der Waals surface area contributed by atoms with E-state index in [9.17, 15) is 4.79 Å². The maximum atomic E-state index is 11.5. The van der Waals surface area contributed by atoms with E-state index in [0.29, 0.717) is 25.2 Å². The minimum absolute atomic E-state index is 0.129. The number of aromatic amines is 1. The number of halogens is 1. The van der Waals surface area contributed by atoms with Crippen LogP contribution in [0.25, 0.3) is 0 Å². The third-order valence-electron chi connectivity index (χ3n) is 2.56. The Morgan fingerprint density at radius 1 is 1.33 bits per heavy atom. The lowest BCUT2D eigenvalue weighted by molar-refractivity contribution is 0.853. The van der Waals surface area contributed by atoms with Crippen molar-refractivity contribution in [3.05, 3.63) is 62.2 Å². The van der Waals surface area contributed by atoms with Crippen molar-refractivity contribution in [1.29, 1.82) is 0 Å². The second kappa shape index (κ2) is 5.93. The van der Waals surface area contributed by atoms with E-state index in [1.54, 1.807) is 0 Å². The standard InChI is InChI=1S/C13H14BrN3O/c14-11-4-2-1-3-9(11)7-12-16-10(5-6-15)8-13(18)17-12/h1-4,8H,5-7,15H2,(H,16,17,18). The Balaban J connectivity index is 2.29. The molecule has 0 atom stereocenters. The second-order valence-electron chi connectivity index (χ2n) is 3.99. The van der Waals surface area contributed by atoms with E-state index >= 15 is 0 Å². The van der Waals surface area contributed by atoms with Gasteiger partial charge in [-0.2, -0.15) is 0 Å². The number of hydrogen-bond acceptors (Lipinski definition) is 3. The molecule has 0 saturated heterocycles. The number of hydrogen-bond donors (Lipinski definition) is 2. The zero-order chi connectivity index (χ0) is 13.0. The maximum absolute atomic E-state index is 11.5. The molecular weight excluding hydrogens is 294 g/mol. The Bertz CT molecular complexity index is 595. The highest BCUT2D eigenvalue weighted by molar-refractivity contribution is 9.10. The van der Waals surface area contributed by atoms with Gasteiger partial charge in [0.2, 0.25) is 0 Å². The third kappa shape index (κ3) is 3.27. The average Bonchev–Trinajstić information content (AvgIpc) is 2.32. The maximum Gasteiger partial charge on any atom is 0.251 e. The van der Waals surface area contributed by atoms with Crippen molar-refractivity contribution in [3.8, 4) is 0 Å². The lowest BCUT2D eigenvalue weighted by Crippen LogP contribution is -2.15. The van der Waals surface area contributed by atoms with Gasteiger partial charge in [-0.05, 0) is 18.2 Å². The van der Waals surface area contributed by atoms with E-state index in [1.807, 2.05) is 24.3 Å². The van der Waals surface area contributed by atoms with Crippen LogP contribution in [0.1, 0.15) is 17.1 Å². The Morgan fingerprint density at radius 3 is 2.83 bits per heavy atom. The summed E-state index contributed by atoms with van der Waals surface area (Å²) in [6.45, 7) is 0.491. The summed E-state index contributed by atoms with van der Waals surface area (Å²) < 4.78 is 1.01. The number of H-pyrrole nitrogens is 1. The number of aromatic nitrogens is 2. The molecule has 18 heavy (non-hydrogen) atoms. The zero-order valence-electron chi connectivity index (χ0n) is 9.82. The van der Waals surface area contributed by atoms with Gasteiger partial charge in [-0.3, -0.25) is 4.79 Å². The Morgan fingerprint density at radius 2 is 2.11 bits per heavy atom. The second-order valence-corrected chi connectivity index (χ2v) is 4.84. The number of nitrogens with zero attached hydrogens (tertiary/aromatic N) is 1. The molecule has 0 radical (unpaired) electrons. The molecule has 4 nitrogen and oxygen atoms in total. The largest absolute Gasteiger partial charge is 0.330 e. The van der Waals surface area contributed by atoms with Crippen molar-refractivity contribution in [1.82, 2.24) is 9.97 Å². The van der Waals surface area contributed by atoms with Crippen molar-refractivity contribution < 1.29 is 0 Å². The van der Waals surface area contributed by atoms with Gasteiger partial charge >= 0.3 is 0 Å². The van der Waals surface area contributed by atoms with Gasteiger partial charge in [0, 0.05) is 29.1 Å². The fourth-order valence-corrected chi connectivity index (χ4v) is 2.17. The molecule has 1 aromatic heterocycles. The first-order valence-corrected chi connectivity index (χ1v) is 6.51. The van der Waals surface area contributed by atoms with Gasteiger partial charge < -0.3 is 10.7 Å². The molecular formula is C13H14BrN3O. The summed E-state index contributed by atoms with van der Waals surface area (Å²) in [6.07, 6.45) is 1.21. The molecule has 0 spiro atoms. The third-order valence-corrected chi connectivity index (χ3v) is 3.33. The highest BCUT2D eigenvalue weighted by Crippen LogP contribution is 2.17. The minimum Gasteiger partial charge on any atom is -0.330 e. The average molecular weight is 308 g/mol. The van der Waals surface area contributed by atoms with Crippen molar-refractivity contribution in [2.45, 2.75) is 12.8 Å². The molecule has 0 bridgehead atoms. The lowest BCUT2D eigenvalue weighted by atomic mass is 10.1. The minimum atomic E-state index is -0.129. The first kappa shape index (κ1) is 13.0. The monoisotopic (exact) mass is 307 g/mol. The molecule has 3 N–H and O–H groups in total. The molecule has 1 heterocycles. The van der Waals surface area contributed by atoms with Crippen LogP contribution in [0.2, 0.25) is 0 Å². The normalized spacial score (nSPS) is 10.6. The van der Waals surface area contributed by atoms with Gasteiger partial charge in [0.1, 0.15) is 5.82 Å². The van der Waals surface area contributed by atoms with Crippen molar-refractivity contribution in [3.63, 3.8) is 0 Å². The van der Waals surface area contributed by atoms with E-state index in [2.05, 4.69) is 25.9 Å². The highest BCUT2D eigenvalue weighted by atomic mass is 79.9. The topological polar surface area (TPSA) is 71.8 Å². The number of rotatable bonds is 4. The van der Waals surface area contributed by atoms with Crippen molar-refractivity contribution >= 4 is 15.9 Å². The van der Waals surface area contributed by atoms with E-state index < -0.39 is 0 Å². The van der Waals surface area contributed by atoms with E-state index in [-0.39, 0.29) is 5.56 Å². The molecule has 0 aliphatic rings. The van der Waals surface area contributed by atoms with Gasteiger partial charge in [-0.25, -0.2) is 4.98 Å². The Labute approximate surface area is 113 Å².